The summed E-state index contributed by atoms with van der Waals surface area (Å²) in [5, 5.41) is 9.54. The lowest BCUT2D eigenvalue weighted by atomic mass is 10.2. The lowest BCUT2D eigenvalue weighted by Gasteiger charge is -2.23. The first-order chi connectivity index (χ1) is 11.6. The molecule has 126 valence electrons. The van der Waals surface area contributed by atoms with Gasteiger partial charge < -0.3 is 10.6 Å². The molecule has 1 aliphatic rings. The number of carbonyl (C=O) groups excluding carboxylic acids is 2. The van der Waals surface area contributed by atoms with Crippen LogP contribution in [0.1, 0.15) is 32.7 Å². The molecule has 0 saturated carbocycles. The van der Waals surface area contributed by atoms with Crippen LogP contribution in [-0.4, -0.2) is 26.8 Å². The topological polar surface area (TPSA) is 76.0 Å². The van der Waals surface area contributed by atoms with E-state index < -0.39 is 5.25 Å². The van der Waals surface area contributed by atoms with Gasteiger partial charge >= 0.3 is 0 Å². The van der Waals surface area contributed by atoms with E-state index in [0.717, 1.165) is 17.0 Å². The highest BCUT2D eigenvalue weighted by atomic mass is 32.2. The molecule has 7 heteroatoms. The van der Waals surface area contributed by atoms with Crippen molar-refractivity contribution in [3.63, 3.8) is 0 Å². The predicted octanol–water partition coefficient (Wildman–Crippen LogP) is 3.30. The number of amides is 2. The van der Waals surface area contributed by atoms with Crippen LogP contribution in [0.15, 0.2) is 41.4 Å². The zero-order chi connectivity index (χ0) is 17.1. The fourth-order valence-electron chi connectivity index (χ4n) is 2.53. The molecule has 6 nitrogen and oxygen atoms in total. The second-order valence-corrected chi connectivity index (χ2v) is 7.01. The standard InChI is InChI=1S/C17H20N4O2S/c1-3-11(2)21-15(8-9-18-21)20-16(22)10-14-17(23)19-12-6-4-5-7-13(12)24-14/h4-9,11,14H,3,10H2,1-2H3,(H,19,23)(H,20,22)/t11-,14-/m1/s1. The Kier molecular flexibility index (Phi) is 4.89. The number of rotatable bonds is 5. The quantitative estimate of drug-likeness (QED) is 0.872. The van der Waals surface area contributed by atoms with E-state index in [1.807, 2.05) is 31.2 Å². The van der Waals surface area contributed by atoms with E-state index in [0.29, 0.717) is 5.82 Å². The number of thioether (sulfide) groups is 1. The molecule has 0 aliphatic carbocycles. The van der Waals surface area contributed by atoms with Crippen LogP contribution in [-0.2, 0) is 9.59 Å². The van der Waals surface area contributed by atoms with Gasteiger partial charge in [-0.25, -0.2) is 4.68 Å². The van der Waals surface area contributed by atoms with Crippen molar-refractivity contribution in [1.82, 2.24) is 9.78 Å². The summed E-state index contributed by atoms with van der Waals surface area (Å²) in [5.74, 6) is 0.340. The first-order valence-electron chi connectivity index (χ1n) is 7.98. The van der Waals surface area contributed by atoms with Crippen LogP contribution in [0.3, 0.4) is 0 Å². The summed E-state index contributed by atoms with van der Waals surface area (Å²) < 4.78 is 1.79. The summed E-state index contributed by atoms with van der Waals surface area (Å²) in [4.78, 5) is 25.5. The molecule has 1 aromatic carbocycles. The number of hydrogen-bond donors (Lipinski definition) is 2. The third-order valence-electron chi connectivity index (χ3n) is 4.02. The summed E-state index contributed by atoms with van der Waals surface area (Å²) >= 11 is 1.43. The molecule has 0 bridgehead atoms. The Balaban J connectivity index is 1.66. The number of fused-ring (bicyclic) bond motifs is 1. The third-order valence-corrected chi connectivity index (χ3v) is 5.30. The number of benzene rings is 1. The van der Waals surface area contributed by atoms with E-state index in [2.05, 4.69) is 22.7 Å². The fraction of sp³-hybridized carbons (Fsp3) is 0.353. The minimum Gasteiger partial charge on any atom is -0.324 e. The molecule has 0 fully saturated rings. The second-order valence-electron chi connectivity index (χ2n) is 5.76. The molecule has 0 unspecified atom stereocenters. The first-order valence-corrected chi connectivity index (χ1v) is 8.86. The Labute approximate surface area is 145 Å². The number of aromatic nitrogens is 2. The summed E-state index contributed by atoms with van der Waals surface area (Å²) in [5.41, 5.74) is 0.805. The molecule has 24 heavy (non-hydrogen) atoms. The maximum atomic E-state index is 12.4. The molecule has 0 radical (unpaired) electrons. The SMILES string of the molecule is CC[C@@H](C)n1nccc1NC(=O)C[C@H]1Sc2ccccc2NC1=O. The van der Waals surface area contributed by atoms with Crippen molar-refractivity contribution in [1.29, 1.82) is 0 Å². The molecule has 2 N–H and O–H groups in total. The highest BCUT2D eigenvalue weighted by molar-refractivity contribution is 8.01. The van der Waals surface area contributed by atoms with Crippen molar-refractivity contribution in [2.45, 2.75) is 42.9 Å². The summed E-state index contributed by atoms with van der Waals surface area (Å²) in [7, 11) is 0. The largest absolute Gasteiger partial charge is 0.324 e. The van der Waals surface area contributed by atoms with E-state index in [1.54, 1.807) is 16.9 Å². The van der Waals surface area contributed by atoms with Crippen LogP contribution >= 0.6 is 11.8 Å². The van der Waals surface area contributed by atoms with Crippen molar-refractivity contribution in [2.75, 3.05) is 10.6 Å². The Hall–Kier alpha value is -2.28. The third kappa shape index (κ3) is 3.46. The molecule has 2 atom stereocenters. The van der Waals surface area contributed by atoms with Gasteiger partial charge in [-0.15, -0.1) is 11.8 Å². The molecule has 2 aromatic rings. The smallest absolute Gasteiger partial charge is 0.238 e. The lowest BCUT2D eigenvalue weighted by molar-refractivity contribution is -0.120. The van der Waals surface area contributed by atoms with E-state index in [4.69, 9.17) is 0 Å². The zero-order valence-electron chi connectivity index (χ0n) is 13.7. The van der Waals surface area contributed by atoms with Gasteiger partial charge in [0.05, 0.1) is 23.2 Å². The highest BCUT2D eigenvalue weighted by Gasteiger charge is 2.29. The predicted molar refractivity (Wildman–Crippen MR) is 95.2 cm³/mol. The summed E-state index contributed by atoms with van der Waals surface area (Å²) in [6.07, 6.45) is 2.71. The Bertz CT molecular complexity index is 759. The van der Waals surface area contributed by atoms with E-state index in [9.17, 15) is 9.59 Å². The van der Waals surface area contributed by atoms with Gasteiger partial charge in [0.1, 0.15) is 5.82 Å². The van der Waals surface area contributed by atoms with Gasteiger partial charge in [-0.1, -0.05) is 19.1 Å². The minimum absolute atomic E-state index is 0.122. The Morgan fingerprint density at radius 2 is 2.21 bits per heavy atom. The van der Waals surface area contributed by atoms with Gasteiger partial charge in [0.15, 0.2) is 0 Å². The molecule has 0 spiro atoms. The normalized spacial score (nSPS) is 17.8. The number of nitrogens with one attached hydrogen (secondary N) is 2. The first kappa shape index (κ1) is 16.6. The molecule has 2 heterocycles. The van der Waals surface area contributed by atoms with Crippen LogP contribution in [0.25, 0.3) is 0 Å². The number of nitrogens with zero attached hydrogens (tertiary/aromatic N) is 2. The van der Waals surface area contributed by atoms with E-state index >= 15 is 0 Å². The van der Waals surface area contributed by atoms with Gasteiger partial charge in [0.2, 0.25) is 11.8 Å². The number of carbonyl (C=O) groups is 2. The van der Waals surface area contributed by atoms with Gasteiger partial charge in [-0.05, 0) is 25.5 Å². The van der Waals surface area contributed by atoms with Crippen LogP contribution in [0.2, 0.25) is 0 Å². The molecule has 1 aliphatic heterocycles. The van der Waals surface area contributed by atoms with Crippen LogP contribution in [0, 0.1) is 0 Å². The van der Waals surface area contributed by atoms with Crippen molar-refractivity contribution in [3.05, 3.63) is 36.5 Å². The van der Waals surface area contributed by atoms with Crippen molar-refractivity contribution < 1.29 is 9.59 Å². The maximum Gasteiger partial charge on any atom is 0.238 e. The number of para-hydroxylation sites is 1. The minimum atomic E-state index is -0.431. The average molecular weight is 344 g/mol. The van der Waals surface area contributed by atoms with Crippen LogP contribution in [0.5, 0.6) is 0 Å². The fourth-order valence-corrected chi connectivity index (χ4v) is 3.64. The molecule has 3 rings (SSSR count). The van der Waals surface area contributed by atoms with E-state index in [1.165, 1.54) is 11.8 Å². The van der Waals surface area contributed by atoms with Crippen LogP contribution in [0.4, 0.5) is 11.5 Å². The van der Waals surface area contributed by atoms with Gasteiger partial charge in [0.25, 0.3) is 0 Å². The van der Waals surface area contributed by atoms with Gasteiger partial charge in [0, 0.05) is 17.4 Å². The highest BCUT2D eigenvalue weighted by Crippen LogP contribution is 2.36. The molecule has 1 aromatic heterocycles. The Morgan fingerprint density at radius 3 is 3.00 bits per heavy atom. The van der Waals surface area contributed by atoms with Crippen molar-refractivity contribution in [2.24, 2.45) is 0 Å². The molecular weight excluding hydrogens is 324 g/mol. The zero-order valence-corrected chi connectivity index (χ0v) is 14.5. The van der Waals surface area contributed by atoms with Crippen LogP contribution < -0.4 is 10.6 Å². The molecule has 2 amide bonds. The molecular formula is C17H20N4O2S. The lowest BCUT2D eigenvalue weighted by Crippen LogP contribution is -2.32. The average Bonchev–Trinajstić information content (AvgIpc) is 3.02. The number of anilines is 2. The van der Waals surface area contributed by atoms with Crippen molar-refractivity contribution >= 4 is 35.1 Å². The second kappa shape index (κ2) is 7.09. The summed E-state index contributed by atoms with van der Waals surface area (Å²) in [6, 6.07) is 9.58. The Morgan fingerprint density at radius 1 is 1.42 bits per heavy atom. The maximum absolute atomic E-state index is 12.4. The van der Waals surface area contributed by atoms with E-state index in [-0.39, 0.29) is 24.3 Å². The van der Waals surface area contributed by atoms with Gasteiger partial charge in [-0.2, -0.15) is 5.10 Å². The summed E-state index contributed by atoms with van der Waals surface area (Å²) in [6.45, 7) is 4.11. The van der Waals surface area contributed by atoms with Gasteiger partial charge in [-0.3, -0.25) is 9.59 Å². The monoisotopic (exact) mass is 344 g/mol. The number of hydrogen-bond acceptors (Lipinski definition) is 4. The molecule has 0 saturated heterocycles. The van der Waals surface area contributed by atoms with Crippen molar-refractivity contribution in [3.8, 4) is 0 Å².